The van der Waals surface area contributed by atoms with Crippen LogP contribution in [-0.4, -0.2) is 23.3 Å². The van der Waals surface area contributed by atoms with Crippen LogP contribution in [0.3, 0.4) is 0 Å². The average Bonchev–Trinajstić information content (AvgIpc) is 1.94. The molecule has 0 saturated carbocycles. The van der Waals surface area contributed by atoms with Gasteiger partial charge in [0.25, 0.3) is 0 Å². The Kier molecular flexibility index (Phi) is 1.87. The third-order valence-electron chi connectivity index (χ3n) is 1.25. The number of hydrogen-bond donors (Lipinski definition) is 1. The van der Waals surface area contributed by atoms with Crippen molar-refractivity contribution in [2.45, 2.75) is 12.2 Å². The van der Waals surface area contributed by atoms with Crippen LogP contribution in [0, 0.1) is 0 Å². The summed E-state index contributed by atoms with van der Waals surface area (Å²) in [5, 5.41) is 9.05. The summed E-state index contributed by atoms with van der Waals surface area (Å²) in [4.78, 5) is 10.5. The molecule has 1 unspecified atom stereocenters. The Hall–Kier alpha value is -1.09. The van der Waals surface area contributed by atoms with Gasteiger partial charge < -0.3 is 9.84 Å². The van der Waals surface area contributed by atoms with E-state index in [-0.39, 0.29) is 0 Å². The summed E-state index contributed by atoms with van der Waals surface area (Å²) in [5.74, 6) is -0.435. The maximum Gasteiger partial charge on any atom is 0.331 e. The minimum Gasteiger partial charge on any atom is -0.452 e. The van der Waals surface area contributed by atoms with Gasteiger partial charge in [0.15, 0.2) is 0 Å². The average molecular weight is 140 g/mol. The Labute approximate surface area is 58.6 Å². The Morgan fingerprint density at radius 1 is 1.80 bits per heavy atom. The molecule has 0 aromatic carbocycles. The predicted octanol–water partition coefficient (Wildman–Crippen LogP) is 0.0149. The molecule has 0 amide bonds. The van der Waals surface area contributed by atoms with E-state index in [2.05, 4.69) is 11.3 Å². The number of ether oxygens (including phenoxy) is 1. The normalized spacial score (nSPS) is 31.5. The summed E-state index contributed by atoms with van der Waals surface area (Å²) < 4.78 is 4.65. The number of carbonyl (C=O) groups is 1. The van der Waals surface area contributed by atoms with Crippen LogP contribution in [0.25, 0.3) is 0 Å². The fraction of sp³-hybridized carbons (Fsp3) is 0.286. The molecule has 1 aliphatic heterocycles. The van der Waals surface area contributed by atoms with Crippen LogP contribution >= 0.6 is 0 Å². The molecule has 0 spiro atoms. The number of aliphatic hydroxyl groups is 1. The Morgan fingerprint density at radius 3 is 3.00 bits per heavy atom. The van der Waals surface area contributed by atoms with Crippen molar-refractivity contribution in [1.29, 1.82) is 0 Å². The molecule has 0 fully saturated rings. The molecule has 2 atom stereocenters. The number of hydrogen-bond acceptors (Lipinski definition) is 3. The van der Waals surface area contributed by atoms with Gasteiger partial charge in [0.1, 0.15) is 12.2 Å². The lowest BCUT2D eigenvalue weighted by Crippen LogP contribution is -2.30. The van der Waals surface area contributed by atoms with E-state index < -0.39 is 18.2 Å². The van der Waals surface area contributed by atoms with Gasteiger partial charge in [-0.05, 0) is 12.2 Å². The molecule has 0 radical (unpaired) electrons. The van der Waals surface area contributed by atoms with Crippen molar-refractivity contribution in [3.63, 3.8) is 0 Å². The van der Waals surface area contributed by atoms with Crippen molar-refractivity contribution in [3.8, 4) is 0 Å². The highest BCUT2D eigenvalue weighted by Crippen LogP contribution is 2.08. The van der Waals surface area contributed by atoms with Crippen LogP contribution in [0.4, 0.5) is 0 Å². The Balaban J connectivity index is 2.70. The molecule has 0 saturated heterocycles. The van der Waals surface area contributed by atoms with Gasteiger partial charge in [0, 0.05) is 6.08 Å². The van der Waals surface area contributed by atoms with Crippen LogP contribution < -0.4 is 0 Å². The second kappa shape index (κ2) is 2.66. The minimum atomic E-state index is -0.741. The molecule has 1 aliphatic rings. The molecule has 0 aliphatic carbocycles. The summed E-state index contributed by atoms with van der Waals surface area (Å²) in [6.07, 6.45) is 2.65. The highest BCUT2D eigenvalue weighted by atomic mass is 16.6. The van der Waals surface area contributed by atoms with Crippen LogP contribution in [0.5, 0.6) is 0 Å². The Bertz CT molecular complexity index is 183. The van der Waals surface area contributed by atoms with E-state index in [1.54, 1.807) is 0 Å². The first-order valence-corrected chi connectivity index (χ1v) is 2.93. The largest absolute Gasteiger partial charge is 0.452 e. The lowest BCUT2D eigenvalue weighted by molar-refractivity contribution is -0.146. The number of rotatable bonds is 1. The zero-order valence-electron chi connectivity index (χ0n) is 5.36. The summed E-state index contributed by atoms with van der Waals surface area (Å²) in [6.45, 7) is 3.40. The van der Waals surface area contributed by atoms with Gasteiger partial charge in [0.05, 0.1) is 0 Å². The van der Waals surface area contributed by atoms with Gasteiger partial charge in [-0.3, -0.25) is 0 Å². The summed E-state index contributed by atoms with van der Waals surface area (Å²) in [5.41, 5.74) is 0. The van der Waals surface area contributed by atoms with Crippen molar-refractivity contribution < 1.29 is 14.6 Å². The first-order chi connectivity index (χ1) is 4.74. The minimum absolute atomic E-state index is 0.435. The second-order valence-electron chi connectivity index (χ2n) is 1.99. The molecule has 1 N–H and O–H groups in total. The molecular formula is C7H8O3. The van der Waals surface area contributed by atoms with E-state index in [4.69, 9.17) is 5.11 Å². The van der Waals surface area contributed by atoms with Gasteiger partial charge >= 0.3 is 5.97 Å². The molecule has 0 aromatic rings. The zero-order chi connectivity index (χ0) is 7.56. The summed E-state index contributed by atoms with van der Waals surface area (Å²) in [6, 6.07) is 0. The van der Waals surface area contributed by atoms with E-state index in [9.17, 15) is 4.79 Å². The van der Waals surface area contributed by atoms with Crippen LogP contribution in [0.15, 0.2) is 24.8 Å². The molecule has 54 valence electrons. The smallest absolute Gasteiger partial charge is 0.331 e. The molecule has 3 heteroatoms. The first kappa shape index (κ1) is 7.02. The van der Waals surface area contributed by atoms with Crippen molar-refractivity contribution in [3.05, 3.63) is 24.8 Å². The third kappa shape index (κ3) is 1.25. The second-order valence-corrected chi connectivity index (χ2v) is 1.99. The predicted molar refractivity (Wildman–Crippen MR) is 35.2 cm³/mol. The Morgan fingerprint density at radius 2 is 2.50 bits per heavy atom. The van der Waals surface area contributed by atoms with Gasteiger partial charge in [-0.2, -0.15) is 0 Å². The molecule has 0 bridgehead atoms. The third-order valence-corrected chi connectivity index (χ3v) is 1.25. The maximum absolute atomic E-state index is 10.5. The molecule has 10 heavy (non-hydrogen) atoms. The fourth-order valence-corrected chi connectivity index (χ4v) is 0.717. The number of carbonyl (C=O) groups excluding carboxylic acids is 1. The maximum atomic E-state index is 10.5. The van der Waals surface area contributed by atoms with Crippen LogP contribution in [0.1, 0.15) is 0 Å². The monoisotopic (exact) mass is 140 g/mol. The molecular weight excluding hydrogens is 132 g/mol. The van der Waals surface area contributed by atoms with E-state index >= 15 is 0 Å². The number of aliphatic hydroxyl groups excluding tert-OH is 1. The SMILES string of the molecule is C=CC1OC(=O)C=C[C@@H]1O. The van der Waals surface area contributed by atoms with E-state index in [1.165, 1.54) is 18.2 Å². The van der Waals surface area contributed by atoms with Crippen molar-refractivity contribution in [1.82, 2.24) is 0 Å². The topological polar surface area (TPSA) is 46.5 Å². The van der Waals surface area contributed by atoms with Crippen LogP contribution in [-0.2, 0) is 9.53 Å². The van der Waals surface area contributed by atoms with E-state index in [1.807, 2.05) is 0 Å². The highest BCUT2D eigenvalue weighted by molar-refractivity contribution is 5.83. The van der Waals surface area contributed by atoms with Crippen molar-refractivity contribution in [2.75, 3.05) is 0 Å². The molecule has 1 heterocycles. The summed E-state index contributed by atoms with van der Waals surface area (Å²) in [7, 11) is 0. The van der Waals surface area contributed by atoms with Crippen LogP contribution in [0.2, 0.25) is 0 Å². The molecule has 1 rings (SSSR count). The van der Waals surface area contributed by atoms with Gasteiger partial charge in [-0.25, -0.2) is 4.79 Å². The zero-order valence-corrected chi connectivity index (χ0v) is 5.36. The molecule has 3 nitrogen and oxygen atoms in total. The lowest BCUT2D eigenvalue weighted by atomic mass is 10.1. The van der Waals surface area contributed by atoms with E-state index in [0.717, 1.165) is 0 Å². The van der Waals surface area contributed by atoms with Gasteiger partial charge in [0.2, 0.25) is 0 Å². The van der Waals surface area contributed by atoms with Gasteiger partial charge in [-0.1, -0.05) is 6.58 Å². The standard InChI is InChI=1S/C7H8O3/c1-2-6-5(8)3-4-7(9)10-6/h2-6,8H,1H2/t5-,6?/m0/s1. The highest BCUT2D eigenvalue weighted by Gasteiger charge is 2.20. The fourth-order valence-electron chi connectivity index (χ4n) is 0.717. The van der Waals surface area contributed by atoms with Crippen molar-refractivity contribution >= 4 is 5.97 Å². The lowest BCUT2D eigenvalue weighted by Gasteiger charge is -2.19. The number of esters is 1. The number of cyclic esters (lactones) is 1. The van der Waals surface area contributed by atoms with Gasteiger partial charge in [-0.15, -0.1) is 0 Å². The quantitative estimate of drug-likeness (QED) is 0.412. The van der Waals surface area contributed by atoms with E-state index in [0.29, 0.717) is 0 Å². The summed E-state index contributed by atoms with van der Waals surface area (Å²) >= 11 is 0. The first-order valence-electron chi connectivity index (χ1n) is 2.93. The molecule has 0 aromatic heterocycles. The van der Waals surface area contributed by atoms with Crippen molar-refractivity contribution in [2.24, 2.45) is 0 Å².